The highest BCUT2D eigenvalue weighted by Gasteiger charge is 2.15. The lowest BCUT2D eigenvalue weighted by Gasteiger charge is -2.26. The van der Waals surface area contributed by atoms with Crippen LogP contribution in [0.2, 0.25) is 0 Å². The van der Waals surface area contributed by atoms with Gasteiger partial charge in [0.25, 0.3) is 0 Å². The summed E-state index contributed by atoms with van der Waals surface area (Å²) in [6.07, 6.45) is 0. The van der Waals surface area contributed by atoms with Gasteiger partial charge in [-0.25, -0.2) is 0 Å². The van der Waals surface area contributed by atoms with Crippen molar-refractivity contribution in [2.24, 2.45) is 0 Å². The Hall–Kier alpha value is -1.59. The second kappa shape index (κ2) is 8.64. The smallest absolute Gasteiger partial charge is 0.236 e. The summed E-state index contributed by atoms with van der Waals surface area (Å²) in [6, 6.07) is 8.23. The SMILES string of the molecule is CCN(C)C(=O)CNCC(c1cccc(OC)c1)N(C)C. The predicted molar refractivity (Wildman–Crippen MR) is 85.6 cm³/mol. The first-order chi connectivity index (χ1) is 9.99. The highest BCUT2D eigenvalue weighted by atomic mass is 16.5. The largest absolute Gasteiger partial charge is 0.497 e. The first kappa shape index (κ1) is 17.5. The third-order valence-electron chi connectivity index (χ3n) is 3.62. The van der Waals surface area contributed by atoms with Crippen LogP contribution in [0.1, 0.15) is 18.5 Å². The van der Waals surface area contributed by atoms with Gasteiger partial charge in [0.15, 0.2) is 0 Å². The lowest BCUT2D eigenvalue weighted by Crippen LogP contribution is -2.39. The van der Waals surface area contributed by atoms with Gasteiger partial charge >= 0.3 is 0 Å². The Kier molecular flexibility index (Phi) is 7.19. The third-order valence-corrected chi connectivity index (χ3v) is 3.62. The van der Waals surface area contributed by atoms with Crippen molar-refractivity contribution < 1.29 is 9.53 Å². The van der Waals surface area contributed by atoms with Crippen molar-refractivity contribution in [1.82, 2.24) is 15.1 Å². The van der Waals surface area contributed by atoms with E-state index in [2.05, 4.69) is 16.3 Å². The highest BCUT2D eigenvalue weighted by Crippen LogP contribution is 2.21. The standard InChI is InChI=1S/C16H27N3O2/c1-6-19(4)16(20)12-17-11-15(18(2)3)13-8-7-9-14(10-13)21-5/h7-10,15,17H,6,11-12H2,1-5H3. The van der Waals surface area contributed by atoms with Crippen molar-refractivity contribution in [1.29, 1.82) is 0 Å². The number of amides is 1. The van der Waals surface area contributed by atoms with Gasteiger partial charge in [-0.15, -0.1) is 0 Å². The van der Waals surface area contributed by atoms with Gasteiger partial charge in [0.2, 0.25) is 5.91 Å². The molecule has 118 valence electrons. The van der Waals surface area contributed by atoms with Gasteiger partial charge in [-0.3, -0.25) is 4.79 Å². The summed E-state index contributed by atoms with van der Waals surface area (Å²) in [5.41, 5.74) is 1.17. The first-order valence-electron chi connectivity index (χ1n) is 7.24. The molecule has 0 aliphatic rings. The van der Waals surface area contributed by atoms with E-state index in [0.29, 0.717) is 13.1 Å². The Morgan fingerprint density at radius 2 is 2.05 bits per heavy atom. The van der Waals surface area contributed by atoms with Gasteiger partial charge in [-0.2, -0.15) is 0 Å². The van der Waals surface area contributed by atoms with Crippen LogP contribution in [0.4, 0.5) is 0 Å². The molecule has 0 aliphatic carbocycles. The Morgan fingerprint density at radius 3 is 2.62 bits per heavy atom. The molecule has 1 rings (SSSR count). The minimum Gasteiger partial charge on any atom is -0.497 e. The van der Waals surface area contributed by atoms with Crippen molar-refractivity contribution in [2.75, 3.05) is 47.9 Å². The highest BCUT2D eigenvalue weighted by molar-refractivity contribution is 5.77. The summed E-state index contributed by atoms with van der Waals surface area (Å²) in [5.74, 6) is 0.960. The van der Waals surface area contributed by atoms with Gasteiger partial charge in [-0.1, -0.05) is 12.1 Å². The quantitative estimate of drug-likeness (QED) is 0.786. The first-order valence-corrected chi connectivity index (χ1v) is 7.24. The molecule has 0 aliphatic heterocycles. The Morgan fingerprint density at radius 1 is 1.33 bits per heavy atom. The summed E-state index contributed by atoms with van der Waals surface area (Å²) in [7, 11) is 7.55. The molecule has 0 saturated heterocycles. The maximum absolute atomic E-state index is 11.8. The molecule has 0 saturated carbocycles. The molecule has 0 spiro atoms. The number of nitrogens with one attached hydrogen (secondary N) is 1. The number of methoxy groups -OCH3 is 1. The number of carbonyl (C=O) groups is 1. The Bertz CT molecular complexity index is 449. The molecule has 0 radical (unpaired) electrons. The van der Waals surface area contributed by atoms with Gasteiger partial charge < -0.3 is 19.9 Å². The lowest BCUT2D eigenvalue weighted by molar-refractivity contribution is -0.128. The van der Waals surface area contributed by atoms with Crippen LogP contribution in [-0.4, -0.2) is 63.6 Å². The van der Waals surface area contributed by atoms with Crippen molar-refractivity contribution in [2.45, 2.75) is 13.0 Å². The topological polar surface area (TPSA) is 44.8 Å². The third kappa shape index (κ3) is 5.36. The van der Waals surface area contributed by atoms with Crippen LogP contribution in [0.5, 0.6) is 5.75 Å². The van der Waals surface area contributed by atoms with Crippen LogP contribution in [0, 0.1) is 0 Å². The van der Waals surface area contributed by atoms with E-state index in [-0.39, 0.29) is 11.9 Å². The van der Waals surface area contributed by atoms with E-state index in [9.17, 15) is 4.79 Å². The molecule has 5 heteroatoms. The normalized spacial score (nSPS) is 12.3. The molecule has 21 heavy (non-hydrogen) atoms. The second-order valence-corrected chi connectivity index (χ2v) is 5.29. The molecule has 1 unspecified atom stereocenters. The van der Waals surface area contributed by atoms with E-state index < -0.39 is 0 Å². The van der Waals surface area contributed by atoms with E-state index >= 15 is 0 Å². The minimum absolute atomic E-state index is 0.112. The molecule has 1 aromatic carbocycles. The number of hydrogen-bond acceptors (Lipinski definition) is 4. The van der Waals surface area contributed by atoms with Crippen LogP contribution in [-0.2, 0) is 4.79 Å². The zero-order valence-electron chi connectivity index (χ0n) is 13.7. The Balaban J connectivity index is 2.64. The average molecular weight is 293 g/mol. The molecule has 1 aromatic rings. The molecule has 5 nitrogen and oxygen atoms in total. The minimum atomic E-state index is 0.112. The molecule has 0 aromatic heterocycles. The predicted octanol–water partition coefficient (Wildman–Crippen LogP) is 1.37. The average Bonchev–Trinajstić information content (AvgIpc) is 2.50. The van der Waals surface area contributed by atoms with Gasteiger partial charge in [0.05, 0.1) is 13.7 Å². The zero-order valence-corrected chi connectivity index (χ0v) is 13.7. The second-order valence-electron chi connectivity index (χ2n) is 5.29. The van der Waals surface area contributed by atoms with Crippen molar-refractivity contribution in [3.63, 3.8) is 0 Å². The lowest BCUT2D eigenvalue weighted by atomic mass is 10.1. The fourth-order valence-corrected chi connectivity index (χ4v) is 2.07. The molecule has 0 fully saturated rings. The van der Waals surface area contributed by atoms with E-state index in [4.69, 9.17) is 4.74 Å². The maximum atomic E-state index is 11.8. The van der Waals surface area contributed by atoms with Crippen molar-refractivity contribution >= 4 is 5.91 Å². The molecular weight excluding hydrogens is 266 g/mol. The Labute approximate surface area is 127 Å². The number of rotatable bonds is 8. The fourth-order valence-electron chi connectivity index (χ4n) is 2.07. The van der Waals surface area contributed by atoms with E-state index in [1.165, 1.54) is 5.56 Å². The molecule has 1 N–H and O–H groups in total. The van der Waals surface area contributed by atoms with Crippen LogP contribution in [0.25, 0.3) is 0 Å². The number of nitrogens with zero attached hydrogens (tertiary/aromatic N) is 2. The van der Waals surface area contributed by atoms with E-state index in [1.807, 2.05) is 46.3 Å². The molecular formula is C16H27N3O2. The van der Waals surface area contributed by atoms with Gasteiger partial charge in [0.1, 0.15) is 5.75 Å². The number of hydrogen-bond donors (Lipinski definition) is 1. The van der Waals surface area contributed by atoms with Gasteiger partial charge in [-0.05, 0) is 38.7 Å². The number of likely N-dealkylation sites (N-methyl/N-ethyl adjacent to an activating group) is 2. The summed E-state index contributed by atoms with van der Waals surface area (Å²) >= 11 is 0. The van der Waals surface area contributed by atoms with Crippen LogP contribution in [0.15, 0.2) is 24.3 Å². The maximum Gasteiger partial charge on any atom is 0.236 e. The summed E-state index contributed by atoms with van der Waals surface area (Å²) in [5, 5.41) is 3.24. The summed E-state index contributed by atoms with van der Waals surface area (Å²) in [6.45, 7) is 3.77. The number of benzene rings is 1. The molecule has 0 heterocycles. The molecule has 0 bridgehead atoms. The fraction of sp³-hybridized carbons (Fsp3) is 0.562. The number of carbonyl (C=O) groups excluding carboxylic acids is 1. The number of ether oxygens (including phenoxy) is 1. The summed E-state index contributed by atoms with van der Waals surface area (Å²) < 4.78 is 5.27. The van der Waals surface area contributed by atoms with Crippen LogP contribution >= 0.6 is 0 Å². The molecule has 1 atom stereocenters. The van der Waals surface area contributed by atoms with Gasteiger partial charge in [0, 0.05) is 26.2 Å². The van der Waals surface area contributed by atoms with Crippen molar-refractivity contribution in [3.05, 3.63) is 29.8 Å². The van der Waals surface area contributed by atoms with Crippen LogP contribution < -0.4 is 10.1 Å². The molecule has 1 amide bonds. The van der Waals surface area contributed by atoms with Crippen LogP contribution in [0.3, 0.4) is 0 Å². The monoisotopic (exact) mass is 293 g/mol. The van der Waals surface area contributed by atoms with E-state index in [1.54, 1.807) is 12.0 Å². The summed E-state index contributed by atoms with van der Waals surface area (Å²) in [4.78, 5) is 15.6. The zero-order chi connectivity index (χ0) is 15.8. The van der Waals surface area contributed by atoms with E-state index in [0.717, 1.165) is 12.3 Å². The van der Waals surface area contributed by atoms with Crippen molar-refractivity contribution in [3.8, 4) is 5.75 Å².